The summed E-state index contributed by atoms with van der Waals surface area (Å²) in [5.74, 6) is -0.322. The van der Waals surface area contributed by atoms with E-state index in [1.54, 1.807) is 23.7 Å². The molecule has 1 heterocycles. The lowest BCUT2D eigenvalue weighted by atomic mass is 10.1. The van der Waals surface area contributed by atoms with Crippen molar-refractivity contribution in [2.75, 3.05) is 0 Å². The predicted octanol–water partition coefficient (Wildman–Crippen LogP) is 3.07. The van der Waals surface area contributed by atoms with Gasteiger partial charge in [0.15, 0.2) is 0 Å². The van der Waals surface area contributed by atoms with Crippen LogP contribution in [0.15, 0.2) is 34.2 Å². The summed E-state index contributed by atoms with van der Waals surface area (Å²) in [6.45, 7) is 3.52. The molecule has 0 aliphatic rings. The molecule has 0 saturated heterocycles. The Morgan fingerprint density at radius 3 is 2.72 bits per heavy atom. The first-order chi connectivity index (χ1) is 8.49. The van der Waals surface area contributed by atoms with E-state index < -0.39 is 6.10 Å². The second kappa shape index (κ2) is 5.12. The lowest BCUT2D eigenvalue weighted by Crippen LogP contribution is -1.98. The first-order valence-electron chi connectivity index (χ1n) is 5.64. The van der Waals surface area contributed by atoms with Crippen molar-refractivity contribution in [1.82, 2.24) is 9.78 Å². The second-order valence-corrected chi connectivity index (χ2v) is 5.21. The van der Waals surface area contributed by atoms with Gasteiger partial charge < -0.3 is 5.11 Å². The molecule has 96 valence electrons. The molecule has 2 rings (SSSR count). The summed E-state index contributed by atoms with van der Waals surface area (Å²) in [4.78, 5) is 0.454. The van der Waals surface area contributed by atoms with Gasteiger partial charge in [0.25, 0.3) is 0 Å². The van der Waals surface area contributed by atoms with E-state index in [1.165, 1.54) is 17.8 Å². The van der Waals surface area contributed by atoms with Gasteiger partial charge in [0.05, 0.1) is 21.7 Å². The number of nitrogens with zero attached hydrogens (tertiary/aromatic N) is 2. The summed E-state index contributed by atoms with van der Waals surface area (Å²) in [6.07, 6.45) is -0.697. The minimum Gasteiger partial charge on any atom is -0.389 e. The van der Waals surface area contributed by atoms with Crippen LogP contribution in [0.4, 0.5) is 4.39 Å². The SMILES string of the molecule is Cc1cc(Sc2c(F)cccc2[C@@H](C)O)n(C)n1. The molecule has 2 aromatic rings. The van der Waals surface area contributed by atoms with E-state index in [9.17, 15) is 9.50 Å². The van der Waals surface area contributed by atoms with E-state index in [2.05, 4.69) is 5.10 Å². The summed E-state index contributed by atoms with van der Waals surface area (Å²) < 4.78 is 15.6. The van der Waals surface area contributed by atoms with Gasteiger partial charge in [-0.05, 0) is 31.5 Å². The highest BCUT2D eigenvalue weighted by molar-refractivity contribution is 7.99. The highest BCUT2D eigenvalue weighted by Gasteiger charge is 2.15. The van der Waals surface area contributed by atoms with Crippen LogP contribution in [-0.2, 0) is 7.05 Å². The fourth-order valence-electron chi connectivity index (χ4n) is 1.75. The highest BCUT2D eigenvalue weighted by atomic mass is 32.2. The Hall–Kier alpha value is -1.33. The summed E-state index contributed by atoms with van der Waals surface area (Å²) in [5.41, 5.74) is 1.48. The van der Waals surface area contributed by atoms with Crippen molar-refractivity contribution in [3.05, 3.63) is 41.3 Å². The molecule has 0 aliphatic heterocycles. The first-order valence-corrected chi connectivity index (χ1v) is 6.45. The van der Waals surface area contributed by atoms with Crippen LogP contribution in [0.1, 0.15) is 24.3 Å². The van der Waals surface area contributed by atoms with Gasteiger partial charge in [-0.15, -0.1) is 0 Å². The molecule has 0 spiro atoms. The maximum atomic E-state index is 13.9. The summed E-state index contributed by atoms with van der Waals surface area (Å²) in [6, 6.07) is 6.63. The monoisotopic (exact) mass is 266 g/mol. The van der Waals surface area contributed by atoms with Crippen LogP contribution >= 0.6 is 11.8 Å². The summed E-state index contributed by atoms with van der Waals surface area (Å²) in [5, 5.41) is 14.7. The van der Waals surface area contributed by atoms with Gasteiger partial charge in [-0.1, -0.05) is 23.9 Å². The molecule has 1 atom stereocenters. The van der Waals surface area contributed by atoms with Crippen LogP contribution in [0.25, 0.3) is 0 Å². The van der Waals surface area contributed by atoms with Crippen molar-refractivity contribution in [1.29, 1.82) is 0 Å². The Morgan fingerprint density at radius 2 is 2.17 bits per heavy atom. The average Bonchev–Trinajstić information content (AvgIpc) is 2.60. The van der Waals surface area contributed by atoms with Crippen molar-refractivity contribution in [2.45, 2.75) is 29.9 Å². The van der Waals surface area contributed by atoms with Crippen LogP contribution in [0, 0.1) is 12.7 Å². The van der Waals surface area contributed by atoms with Gasteiger partial charge in [-0.2, -0.15) is 5.10 Å². The molecule has 0 unspecified atom stereocenters. The van der Waals surface area contributed by atoms with Crippen LogP contribution in [0.3, 0.4) is 0 Å². The third-order valence-electron chi connectivity index (χ3n) is 2.61. The van der Waals surface area contributed by atoms with Crippen LogP contribution in [0.5, 0.6) is 0 Å². The zero-order valence-electron chi connectivity index (χ0n) is 10.5. The average molecular weight is 266 g/mol. The largest absolute Gasteiger partial charge is 0.389 e. The molecular formula is C13H15FN2OS. The maximum Gasteiger partial charge on any atom is 0.137 e. The lowest BCUT2D eigenvalue weighted by Gasteiger charge is -2.12. The van der Waals surface area contributed by atoms with Crippen LogP contribution < -0.4 is 0 Å². The number of rotatable bonds is 3. The van der Waals surface area contributed by atoms with E-state index in [1.807, 2.05) is 20.0 Å². The Labute approximate surface area is 110 Å². The van der Waals surface area contributed by atoms with Gasteiger partial charge in [-0.3, -0.25) is 4.68 Å². The van der Waals surface area contributed by atoms with Gasteiger partial charge in [-0.25, -0.2) is 4.39 Å². The number of benzene rings is 1. The zero-order chi connectivity index (χ0) is 13.3. The molecule has 0 aliphatic carbocycles. The van der Waals surface area contributed by atoms with E-state index in [0.717, 1.165) is 10.7 Å². The highest BCUT2D eigenvalue weighted by Crippen LogP contribution is 2.35. The van der Waals surface area contributed by atoms with Crippen molar-refractivity contribution in [3.63, 3.8) is 0 Å². The molecule has 5 heteroatoms. The van der Waals surface area contributed by atoms with E-state index in [-0.39, 0.29) is 5.82 Å². The quantitative estimate of drug-likeness (QED) is 0.927. The minimum absolute atomic E-state index is 0.322. The second-order valence-electron chi connectivity index (χ2n) is 4.18. The topological polar surface area (TPSA) is 38.0 Å². The Bertz CT molecular complexity index is 566. The van der Waals surface area contributed by atoms with Gasteiger partial charge in [0.1, 0.15) is 5.82 Å². The third-order valence-corrected chi connectivity index (χ3v) is 3.84. The minimum atomic E-state index is -0.697. The zero-order valence-corrected chi connectivity index (χ0v) is 11.3. The molecule has 1 aromatic carbocycles. The van der Waals surface area contributed by atoms with Gasteiger partial charge >= 0.3 is 0 Å². The van der Waals surface area contributed by atoms with Gasteiger partial charge in [0, 0.05) is 7.05 Å². The first kappa shape index (κ1) is 13.1. The predicted molar refractivity (Wildman–Crippen MR) is 69.1 cm³/mol. The van der Waals surface area contributed by atoms with Crippen molar-refractivity contribution >= 4 is 11.8 Å². The number of hydrogen-bond donors (Lipinski definition) is 1. The molecule has 0 fully saturated rings. The molecule has 18 heavy (non-hydrogen) atoms. The summed E-state index contributed by atoms with van der Waals surface area (Å²) in [7, 11) is 1.82. The molecular weight excluding hydrogens is 251 g/mol. The van der Waals surface area contributed by atoms with Crippen LogP contribution in [0.2, 0.25) is 0 Å². The maximum absolute atomic E-state index is 13.9. The van der Waals surface area contributed by atoms with Crippen molar-refractivity contribution in [3.8, 4) is 0 Å². The smallest absolute Gasteiger partial charge is 0.137 e. The molecule has 0 radical (unpaired) electrons. The number of aromatic nitrogens is 2. The van der Waals surface area contributed by atoms with E-state index in [4.69, 9.17) is 0 Å². The molecule has 1 aromatic heterocycles. The summed E-state index contributed by atoms with van der Waals surface area (Å²) >= 11 is 1.28. The lowest BCUT2D eigenvalue weighted by molar-refractivity contribution is 0.195. The molecule has 0 bridgehead atoms. The molecule has 0 saturated carbocycles. The van der Waals surface area contributed by atoms with Gasteiger partial charge in [0.2, 0.25) is 0 Å². The molecule has 0 amide bonds. The van der Waals surface area contributed by atoms with Crippen molar-refractivity contribution in [2.24, 2.45) is 7.05 Å². The normalized spacial score (nSPS) is 12.7. The number of halogens is 1. The third kappa shape index (κ3) is 2.57. The van der Waals surface area contributed by atoms with Crippen molar-refractivity contribution < 1.29 is 9.50 Å². The Morgan fingerprint density at radius 1 is 1.44 bits per heavy atom. The fraction of sp³-hybridized carbons (Fsp3) is 0.308. The number of aliphatic hydroxyl groups excluding tert-OH is 1. The Kier molecular flexibility index (Phi) is 3.73. The Balaban J connectivity index is 2.42. The molecule has 3 nitrogen and oxygen atoms in total. The fourth-order valence-corrected chi connectivity index (χ4v) is 2.88. The number of hydrogen-bond acceptors (Lipinski definition) is 3. The standard InChI is InChI=1S/C13H15FN2OS/c1-8-7-12(16(3)15-8)18-13-10(9(2)17)5-4-6-11(13)14/h4-7,9,17H,1-3H3/t9-/m1/s1. The van der Waals surface area contributed by atoms with Crippen LogP contribution in [-0.4, -0.2) is 14.9 Å². The van der Waals surface area contributed by atoms with E-state index >= 15 is 0 Å². The van der Waals surface area contributed by atoms with E-state index in [0.29, 0.717) is 10.5 Å². The molecule has 1 N–H and O–H groups in total. The number of aliphatic hydroxyl groups is 1. The number of aryl methyl sites for hydroxylation is 2.